The van der Waals surface area contributed by atoms with E-state index in [1.165, 1.54) is 6.42 Å². The fourth-order valence-corrected chi connectivity index (χ4v) is 4.00. The van der Waals surface area contributed by atoms with Crippen LogP contribution in [0.5, 0.6) is 0 Å². The summed E-state index contributed by atoms with van der Waals surface area (Å²) in [6, 6.07) is 5.47. The molecule has 4 atom stereocenters. The quantitative estimate of drug-likeness (QED) is 0.710. The van der Waals surface area contributed by atoms with Crippen LogP contribution in [0.2, 0.25) is 0 Å². The minimum Gasteiger partial charge on any atom is -0.368 e. The maximum absolute atomic E-state index is 2.63. The van der Waals surface area contributed by atoms with Crippen LogP contribution in [0.3, 0.4) is 0 Å². The molecule has 0 saturated carbocycles. The van der Waals surface area contributed by atoms with Gasteiger partial charge in [0.25, 0.3) is 0 Å². The Bertz CT molecular complexity index is 477. The third kappa shape index (κ3) is 1.39. The van der Waals surface area contributed by atoms with Crippen LogP contribution < -0.4 is 4.90 Å². The number of nitrogens with zero attached hydrogens (tertiary/aromatic N) is 1. The summed E-state index contributed by atoms with van der Waals surface area (Å²) in [5.41, 5.74) is 6.45. The van der Waals surface area contributed by atoms with Gasteiger partial charge in [-0.3, -0.25) is 0 Å². The summed E-state index contributed by atoms with van der Waals surface area (Å²) in [5.74, 6) is 2.21. The van der Waals surface area contributed by atoms with Gasteiger partial charge in [0.1, 0.15) is 0 Å². The number of anilines is 1. The molecular weight excluding hydrogens is 218 g/mol. The number of rotatable bonds is 1. The Balaban J connectivity index is 2.18. The number of hydrogen-bond donors (Lipinski definition) is 0. The molecule has 0 bridgehead atoms. The molecule has 3 rings (SSSR count). The molecule has 0 radical (unpaired) electrons. The van der Waals surface area contributed by atoms with Gasteiger partial charge in [0.05, 0.1) is 0 Å². The Morgan fingerprint density at radius 1 is 1.06 bits per heavy atom. The van der Waals surface area contributed by atoms with E-state index in [1.807, 2.05) is 0 Å². The average molecular weight is 243 g/mol. The molecule has 0 fully saturated rings. The summed E-state index contributed by atoms with van der Waals surface area (Å²) >= 11 is 0. The summed E-state index contributed by atoms with van der Waals surface area (Å²) in [6.07, 6.45) is 1.27. The van der Waals surface area contributed by atoms with Gasteiger partial charge in [-0.2, -0.15) is 0 Å². The van der Waals surface area contributed by atoms with Crippen molar-refractivity contribution in [2.24, 2.45) is 5.92 Å². The summed E-state index contributed by atoms with van der Waals surface area (Å²) in [5, 5.41) is 0. The first-order valence-electron chi connectivity index (χ1n) is 7.48. The van der Waals surface area contributed by atoms with E-state index < -0.39 is 0 Å². The summed E-state index contributed by atoms with van der Waals surface area (Å²) in [4.78, 5) is 2.63. The summed E-state index contributed by atoms with van der Waals surface area (Å²) in [7, 11) is 0. The second-order valence-electron chi connectivity index (χ2n) is 6.36. The minimum atomic E-state index is 0.655. The van der Waals surface area contributed by atoms with Crippen LogP contribution in [-0.2, 0) is 6.42 Å². The van der Waals surface area contributed by atoms with Crippen LogP contribution in [0.1, 0.15) is 63.1 Å². The van der Waals surface area contributed by atoms with E-state index in [0.717, 1.165) is 18.4 Å². The molecule has 0 unspecified atom stereocenters. The molecule has 0 saturated heterocycles. The lowest BCUT2D eigenvalue weighted by atomic mass is 9.93. The van der Waals surface area contributed by atoms with Crippen molar-refractivity contribution >= 4 is 5.69 Å². The monoisotopic (exact) mass is 243 g/mol. The molecule has 2 aliphatic rings. The molecule has 0 aromatic heterocycles. The maximum Gasteiger partial charge on any atom is 0.0440 e. The largest absolute Gasteiger partial charge is 0.368 e. The molecule has 0 spiro atoms. The Kier molecular flexibility index (Phi) is 2.69. The van der Waals surface area contributed by atoms with Crippen molar-refractivity contribution in [3.8, 4) is 0 Å². The molecule has 1 heteroatoms. The van der Waals surface area contributed by atoms with Crippen molar-refractivity contribution < 1.29 is 0 Å². The Hall–Kier alpha value is -0.980. The smallest absolute Gasteiger partial charge is 0.0440 e. The lowest BCUT2D eigenvalue weighted by molar-refractivity contribution is 0.531. The Labute approximate surface area is 111 Å². The maximum atomic E-state index is 2.63. The van der Waals surface area contributed by atoms with E-state index >= 15 is 0 Å². The molecule has 98 valence electrons. The van der Waals surface area contributed by atoms with E-state index in [2.05, 4.69) is 51.7 Å². The fourth-order valence-electron chi connectivity index (χ4n) is 4.00. The predicted molar refractivity (Wildman–Crippen MR) is 78.6 cm³/mol. The summed E-state index contributed by atoms with van der Waals surface area (Å²) in [6.45, 7) is 13.0. The van der Waals surface area contributed by atoms with Crippen LogP contribution in [0.4, 0.5) is 5.69 Å². The van der Waals surface area contributed by atoms with E-state index in [-0.39, 0.29) is 0 Å². The number of likely N-dealkylation sites (N-methyl/N-ethyl adjacent to an activating group) is 1. The van der Waals surface area contributed by atoms with E-state index in [9.17, 15) is 0 Å². The van der Waals surface area contributed by atoms with Crippen molar-refractivity contribution in [3.05, 3.63) is 28.8 Å². The molecular formula is C17H25N. The van der Waals surface area contributed by atoms with E-state index in [1.54, 1.807) is 22.4 Å². The third-order valence-corrected chi connectivity index (χ3v) is 5.55. The third-order valence-electron chi connectivity index (χ3n) is 5.55. The lowest BCUT2D eigenvalue weighted by Crippen LogP contribution is -2.30. The van der Waals surface area contributed by atoms with Crippen LogP contribution in [0.25, 0.3) is 0 Å². The first-order valence-corrected chi connectivity index (χ1v) is 7.48. The standard InChI is InChI=1S/C17H25N/c1-6-18-13(5)12(4)15-8-7-14-11(3)10(2)9-16(14)17(15)18/h7-8,10-13H,6,9H2,1-5H3/t10-,11-,12+,13-/m0/s1. The van der Waals surface area contributed by atoms with Crippen LogP contribution in [-0.4, -0.2) is 12.6 Å². The molecule has 1 heterocycles. The zero-order valence-corrected chi connectivity index (χ0v) is 12.3. The van der Waals surface area contributed by atoms with E-state index in [0.29, 0.717) is 12.0 Å². The topological polar surface area (TPSA) is 3.24 Å². The zero-order valence-electron chi connectivity index (χ0n) is 12.3. The normalized spacial score (nSPS) is 33.7. The Morgan fingerprint density at radius 2 is 1.72 bits per heavy atom. The molecule has 0 N–H and O–H groups in total. The van der Waals surface area contributed by atoms with Crippen LogP contribution in [0.15, 0.2) is 12.1 Å². The molecule has 0 amide bonds. The van der Waals surface area contributed by atoms with Crippen molar-refractivity contribution in [2.45, 2.75) is 58.9 Å². The highest BCUT2D eigenvalue weighted by Crippen LogP contribution is 2.49. The van der Waals surface area contributed by atoms with Gasteiger partial charge in [-0.15, -0.1) is 0 Å². The first-order chi connectivity index (χ1) is 8.56. The zero-order chi connectivity index (χ0) is 13.0. The van der Waals surface area contributed by atoms with Gasteiger partial charge in [0, 0.05) is 24.2 Å². The molecule has 1 aromatic carbocycles. The lowest BCUT2D eigenvalue weighted by Gasteiger charge is -2.26. The van der Waals surface area contributed by atoms with Crippen LogP contribution in [0, 0.1) is 5.92 Å². The van der Waals surface area contributed by atoms with Crippen molar-refractivity contribution in [1.82, 2.24) is 0 Å². The van der Waals surface area contributed by atoms with Crippen molar-refractivity contribution in [2.75, 3.05) is 11.4 Å². The fraction of sp³-hybridized carbons (Fsp3) is 0.647. The van der Waals surface area contributed by atoms with Gasteiger partial charge in [-0.25, -0.2) is 0 Å². The van der Waals surface area contributed by atoms with Crippen molar-refractivity contribution in [1.29, 1.82) is 0 Å². The highest BCUT2D eigenvalue weighted by atomic mass is 15.2. The first kappa shape index (κ1) is 12.1. The Morgan fingerprint density at radius 3 is 2.39 bits per heavy atom. The second kappa shape index (κ2) is 4.01. The molecule has 1 aliphatic carbocycles. The van der Waals surface area contributed by atoms with Crippen molar-refractivity contribution in [3.63, 3.8) is 0 Å². The van der Waals surface area contributed by atoms with E-state index in [4.69, 9.17) is 0 Å². The number of benzene rings is 1. The average Bonchev–Trinajstić information content (AvgIpc) is 2.78. The molecule has 1 aliphatic heterocycles. The van der Waals surface area contributed by atoms with Gasteiger partial charge in [0.2, 0.25) is 0 Å². The highest BCUT2D eigenvalue weighted by molar-refractivity contribution is 5.70. The summed E-state index contributed by atoms with van der Waals surface area (Å²) < 4.78 is 0. The van der Waals surface area contributed by atoms with Gasteiger partial charge >= 0.3 is 0 Å². The molecule has 18 heavy (non-hydrogen) atoms. The molecule has 1 aromatic rings. The van der Waals surface area contributed by atoms with Gasteiger partial charge in [-0.05, 0) is 48.8 Å². The molecule has 1 nitrogen and oxygen atoms in total. The number of fused-ring (bicyclic) bond motifs is 3. The van der Waals surface area contributed by atoms with Gasteiger partial charge < -0.3 is 4.90 Å². The van der Waals surface area contributed by atoms with Crippen LogP contribution >= 0.6 is 0 Å². The number of hydrogen-bond acceptors (Lipinski definition) is 1. The van der Waals surface area contributed by atoms with Gasteiger partial charge in [-0.1, -0.05) is 32.9 Å². The predicted octanol–water partition coefficient (Wildman–Crippen LogP) is 4.31. The highest BCUT2D eigenvalue weighted by Gasteiger charge is 2.37. The van der Waals surface area contributed by atoms with Gasteiger partial charge in [0.15, 0.2) is 0 Å². The minimum absolute atomic E-state index is 0.655. The SMILES string of the molecule is CCN1c2c(ccc3c2C[C@H](C)[C@@H]3C)[C@H](C)[C@@H]1C. The second-order valence-corrected chi connectivity index (χ2v) is 6.36.